The molecule has 1 amide bonds. The first-order chi connectivity index (χ1) is 15.1. The van der Waals surface area contributed by atoms with Gasteiger partial charge in [0.15, 0.2) is 11.5 Å². The van der Waals surface area contributed by atoms with Gasteiger partial charge in [-0.2, -0.15) is 0 Å². The molecule has 0 radical (unpaired) electrons. The Bertz CT molecular complexity index is 1070. The first kappa shape index (κ1) is 20.3. The maximum absolute atomic E-state index is 12.7. The highest BCUT2D eigenvalue weighted by molar-refractivity contribution is 6.20. The normalized spacial score (nSPS) is 14.2. The highest BCUT2D eigenvalue weighted by atomic mass is 16.5. The number of carboxylic acid groups (broad SMARTS) is 1. The number of hydrogen-bond acceptors (Lipinski definition) is 8. The van der Waals surface area contributed by atoms with Gasteiger partial charge >= 0.3 is 5.97 Å². The molecular weight excluding hydrogens is 402 g/mol. The number of nitrogens with one attached hydrogen (secondary N) is 1. The van der Waals surface area contributed by atoms with Gasteiger partial charge in [-0.05, 0) is 30.7 Å². The Morgan fingerprint density at radius 3 is 2.90 bits per heavy atom. The molecule has 1 aromatic heterocycles. The van der Waals surface area contributed by atoms with Crippen LogP contribution in [0.5, 0.6) is 11.5 Å². The summed E-state index contributed by atoms with van der Waals surface area (Å²) < 4.78 is 11.3. The number of fused-ring (bicyclic) bond motifs is 3. The Kier molecular flexibility index (Phi) is 5.78. The van der Waals surface area contributed by atoms with Crippen molar-refractivity contribution >= 4 is 29.4 Å². The number of aromatic nitrogens is 1. The predicted molar refractivity (Wildman–Crippen MR) is 112 cm³/mol. The molecule has 4 rings (SSSR count). The SMILES string of the molecule is COc1c(OCCCC(=O)O)ccc2c1N=C(NC(=O)c1cccnc1)N1CCN=C21. The van der Waals surface area contributed by atoms with Crippen molar-refractivity contribution in [1.82, 2.24) is 15.2 Å². The van der Waals surface area contributed by atoms with E-state index in [-0.39, 0.29) is 18.9 Å². The maximum Gasteiger partial charge on any atom is 0.303 e. The Balaban J connectivity index is 1.64. The number of carboxylic acids is 1. The van der Waals surface area contributed by atoms with Crippen molar-refractivity contribution in [2.24, 2.45) is 9.98 Å². The number of aliphatic carboxylic acids is 1. The van der Waals surface area contributed by atoms with E-state index in [2.05, 4.69) is 20.3 Å². The van der Waals surface area contributed by atoms with Crippen molar-refractivity contribution in [3.8, 4) is 11.5 Å². The third-order valence-electron chi connectivity index (χ3n) is 4.80. The van der Waals surface area contributed by atoms with Crippen molar-refractivity contribution in [1.29, 1.82) is 0 Å². The summed E-state index contributed by atoms with van der Waals surface area (Å²) in [6.45, 7) is 1.39. The molecule has 2 aliphatic heterocycles. The quantitative estimate of drug-likeness (QED) is 0.651. The summed E-state index contributed by atoms with van der Waals surface area (Å²) in [5.41, 5.74) is 1.68. The third-order valence-corrected chi connectivity index (χ3v) is 4.80. The van der Waals surface area contributed by atoms with Crippen LogP contribution in [-0.4, -0.2) is 65.5 Å². The van der Waals surface area contributed by atoms with E-state index >= 15 is 0 Å². The molecule has 0 saturated carbocycles. The number of amidine groups is 1. The highest BCUT2D eigenvalue weighted by Crippen LogP contribution is 2.43. The summed E-state index contributed by atoms with van der Waals surface area (Å²) in [6, 6.07) is 6.95. The van der Waals surface area contributed by atoms with Gasteiger partial charge in [0.1, 0.15) is 11.5 Å². The number of guanidine groups is 1. The lowest BCUT2D eigenvalue weighted by Gasteiger charge is -2.28. The van der Waals surface area contributed by atoms with Crippen LogP contribution in [0.3, 0.4) is 0 Å². The van der Waals surface area contributed by atoms with Gasteiger partial charge in [0, 0.05) is 30.9 Å². The van der Waals surface area contributed by atoms with Gasteiger partial charge in [0.05, 0.1) is 25.8 Å². The second kappa shape index (κ2) is 8.82. The molecule has 0 atom stereocenters. The van der Waals surface area contributed by atoms with E-state index in [0.717, 1.165) is 5.56 Å². The van der Waals surface area contributed by atoms with Crippen LogP contribution in [0.4, 0.5) is 5.69 Å². The van der Waals surface area contributed by atoms with Crippen LogP contribution in [-0.2, 0) is 4.79 Å². The summed E-state index contributed by atoms with van der Waals surface area (Å²) in [7, 11) is 1.51. The van der Waals surface area contributed by atoms with Gasteiger partial charge < -0.3 is 14.6 Å². The Labute approximate surface area is 178 Å². The fourth-order valence-electron chi connectivity index (χ4n) is 3.38. The number of rotatable bonds is 7. The fourth-order valence-corrected chi connectivity index (χ4v) is 3.38. The van der Waals surface area contributed by atoms with Crippen LogP contribution in [0, 0.1) is 0 Å². The highest BCUT2D eigenvalue weighted by Gasteiger charge is 2.33. The number of ether oxygens (including phenoxy) is 2. The first-order valence-corrected chi connectivity index (χ1v) is 9.76. The van der Waals surface area contributed by atoms with E-state index in [9.17, 15) is 9.59 Å². The molecule has 0 spiro atoms. The maximum atomic E-state index is 12.7. The molecule has 2 aromatic rings. The summed E-state index contributed by atoms with van der Waals surface area (Å²) in [5, 5.41) is 11.6. The number of amides is 1. The van der Waals surface area contributed by atoms with Gasteiger partial charge in [-0.25, -0.2) is 4.99 Å². The number of aliphatic imine (C=N–C) groups is 2. The molecule has 0 unspecified atom stereocenters. The van der Waals surface area contributed by atoms with Crippen molar-refractivity contribution in [3.05, 3.63) is 47.8 Å². The molecule has 2 aliphatic rings. The summed E-state index contributed by atoms with van der Waals surface area (Å²) in [4.78, 5) is 38.4. The minimum atomic E-state index is -0.876. The third kappa shape index (κ3) is 4.18. The number of carbonyl (C=O) groups is 2. The van der Waals surface area contributed by atoms with Gasteiger partial charge in [-0.15, -0.1) is 0 Å². The van der Waals surface area contributed by atoms with Crippen molar-refractivity contribution in [2.45, 2.75) is 12.8 Å². The largest absolute Gasteiger partial charge is 0.491 e. The molecule has 0 aliphatic carbocycles. The van der Waals surface area contributed by atoms with Crippen LogP contribution in [0.1, 0.15) is 28.8 Å². The van der Waals surface area contributed by atoms with E-state index in [1.165, 1.54) is 13.3 Å². The first-order valence-electron chi connectivity index (χ1n) is 9.76. The Hall–Kier alpha value is -3.95. The summed E-state index contributed by atoms with van der Waals surface area (Å²) in [5.74, 6) is 0.678. The fraction of sp³-hybridized carbons (Fsp3) is 0.286. The van der Waals surface area contributed by atoms with Crippen LogP contribution in [0.15, 0.2) is 46.6 Å². The second-order valence-electron chi connectivity index (χ2n) is 6.83. The van der Waals surface area contributed by atoms with Gasteiger partial charge in [0.2, 0.25) is 5.96 Å². The lowest BCUT2D eigenvalue weighted by molar-refractivity contribution is -0.137. The summed E-state index contributed by atoms with van der Waals surface area (Å²) >= 11 is 0. The minimum Gasteiger partial charge on any atom is -0.491 e. The van der Waals surface area contributed by atoms with Crippen molar-refractivity contribution in [3.63, 3.8) is 0 Å². The van der Waals surface area contributed by atoms with E-state index in [1.54, 1.807) is 24.4 Å². The van der Waals surface area contributed by atoms with Crippen molar-refractivity contribution in [2.75, 3.05) is 26.8 Å². The molecule has 10 heteroatoms. The number of benzene rings is 1. The lowest BCUT2D eigenvalue weighted by Crippen LogP contribution is -2.47. The average molecular weight is 423 g/mol. The predicted octanol–water partition coefficient (Wildman–Crippen LogP) is 1.83. The average Bonchev–Trinajstić information content (AvgIpc) is 3.27. The number of hydrogen-bond donors (Lipinski definition) is 2. The molecule has 160 valence electrons. The number of pyridine rings is 1. The summed E-state index contributed by atoms with van der Waals surface area (Å²) in [6.07, 6.45) is 3.46. The van der Waals surface area contributed by atoms with E-state index in [4.69, 9.17) is 14.6 Å². The number of methoxy groups -OCH3 is 1. The monoisotopic (exact) mass is 423 g/mol. The Morgan fingerprint density at radius 2 is 2.16 bits per heavy atom. The van der Waals surface area contributed by atoms with Gasteiger partial charge in [-0.1, -0.05) is 0 Å². The molecule has 0 bridgehead atoms. The molecule has 10 nitrogen and oxygen atoms in total. The van der Waals surface area contributed by atoms with Crippen LogP contribution < -0.4 is 14.8 Å². The van der Waals surface area contributed by atoms with Crippen LogP contribution in [0.25, 0.3) is 0 Å². The minimum absolute atomic E-state index is 0.0156. The second-order valence-corrected chi connectivity index (χ2v) is 6.83. The standard InChI is InChI=1S/C21H21N5O5/c1-30-18-15(31-11-3-5-16(27)28)7-6-14-17(18)24-21(26-10-9-23-19(14)26)25-20(29)13-4-2-8-22-12-13/h2,4,6-8,12H,3,5,9-11H2,1H3,(H,27,28)(H,24,25,29). The molecule has 0 fully saturated rings. The molecular formula is C21H21N5O5. The zero-order chi connectivity index (χ0) is 21.8. The van der Waals surface area contributed by atoms with Crippen LogP contribution >= 0.6 is 0 Å². The molecule has 3 heterocycles. The number of nitrogens with zero attached hydrogens (tertiary/aromatic N) is 4. The van der Waals surface area contributed by atoms with Crippen LogP contribution in [0.2, 0.25) is 0 Å². The van der Waals surface area contributed by atoms with E-state index in [1.807, 2.05) is 11.0 Å². The molecule has 31 heavy (non-hydrogen) atoms. The Morgan fingerprint density at radius 1 is 1.29 bits per heavy atom. The topological polar surface area (TPSA) is 126 Å². The van der Waals surface area contributed by atoms with Crippen molar-refractivity contribution < 1.29 is 24.2 Å². The molecule has 0 saturated heterocycles. The lowest BCUT2D eigenvalue weighted by atomic mass is 10.1. The zero-order valence-corrected chi connectivity index (χ0v) is 16.9. The van der Waals surface area contributed by atoms with Gasteiger partial charge in [0.25, 0.3) is 5.91 Å². The smallest absolute Gasteiger partial charge is 0.303 e. The zero-order valence-electron chi connectivity index (χ0n) is 16.9. The van der Waals surface area contributed by atoms with E-state index < -0.39 is 5.97 Å². The molecule has 1 aromatic carbocycles. The number of carbonyl (C=O) groups excluding carboxylic acids is 1. The van der Waals surface area contributed by atoms with Gasteiger partial charge in [-0.3, -0.25) is 29.8 Å². The van der Waals surface area contributed by atoms with E-state index in [0.29, 0.717) is 54.1 Å². The molecule has 2 N–H and O–H groups in total.